The quantitative estimate of drug-likeness (QED) is 0.0887. The Hall–Kier alpha value is -1.58. The summed E-state index contributed by atoms with van der Waals surface area (Å²) in [7, 11) is -2.21. The first-order chi connectivity index (χ1) is 19.9. The van der Waals surface area contributed by atoms with Gasteiger partial charge in [-0.05, 0) is 17.4 Å². The van der Waals surface area contributed by atoms with Crippen LogP contribution in [0, 0.1) is 11.8 Å². The molecular weight excluding hydrogens is 682 g/mol. The number of ether oxygens (including phenoxy) is 1. The second-order valence-corrected chi connectivity index (χ2v) is 15.7. The predicted octanol–water partition coefficient (Wildman–Crippen LogP) is 10.9. The molecule has 0 aliphatic carbocycles. The Kier molecular flexibility index (Phi) is 12.4. The monoisotopic (exact) mass is 713 g/mol. The average Bonchev–Trinajstić information content (AvgIpc) is 2.85. The molecule has 1 aromatic carbocycles. The molecule has 0 spiro atoms. The third-order valence-corrected chi connectivity index (χ3v) is 11.9. The molecule has 0 N–H and O–H groups in total. The van der Waals surface area contributed by atoms with Crippen LogP contribution in [0.25, 0.3) is 0 Å². The second-order valence-electron chi connectivity index (χ2n) is 11.5. The van der Waals surface area contributed by atoms with Gasteiger partial charge >= 0.3 is 47.8 Å². The van der Waals surface area contributed by atoms with Gasteiger partial charge in [-0.1, -0.05) is 58.0 Å². The molecule has 0 aliphatic heterocycles. The summed E-state index contributed by atoms with van der Waals surface area (Å²) >= 11 is 0. The van der Waals surface area contributed by atoms with Crippen molar-refractivity contribution in [1.29, 1.82) is 0 Å². The van der Waals surface area contributed by atoms with Crippen molar-refractivity contribution in [1.82, 2.24) is 0 Å². The van der Waals surface area contributed by atoms with E-state index < -0.39 is 68.1 Å². The van der Waals surface area contributed by atoms with Gasteiger partial charge < -0.3 is 4.74 Å². The lowest BCUT2D eigenvalue weighted by Gasteiger charge is -2.42. The Balaban J connectivity index is 3.32. The normalized spacial score (nSPS) is 15.4. The SMILES string of the molecule is CC(C)C[P+](CCCOC(F)(F)C(F)(F)C(F)(F)C(F)(F)C(F)(F)C(F)(F)C(F)(F)C(F)(F)F)(Cc1ccccc1)CC(C)C. The van der Waals surface area contributed by atoms with Crippen molar-refractivity contribution in [2.75, 3.05) is 25.1 Å². The highest BCUT2D eigenvalue weighted by Crippen LogP contribution is 2.65. The van der Waals surface area contributed by atoms with E-state index in [1.54, 1.807) is 30.3 Å². The highest BCUT2D eigenvalue weighted by molar-refractivity contribution is 7.75. The standard InChI is InChI=1S/C26H31F17OP/c1-16(2)13-45(14-17(3)4,15-18-9-6-5-7-10-18)12-8-11-44-26(42,43)24(37,38)22(33,34)20(29,30)19(27,28)21(31,32)23(35,36)25(39,40)41/h5-7,9-10,16-17H,8,11-15H2,1-4H3/q+1. The minimum absolute atomic E-state index is 0.00325. The number of rotatable bonds is 17. The van der Waals surface area contributed by atoms with Crippen LogP contribution in [0.3, 0.4) is 0 Å². The summed E-state index contributed by atoms with van der Waals surface area (Å²) in [4.78, 5) is 0. The molecular formula is C26H31F17OP+. The number of alkyl halides is 17. The lowest BCUT2D eigenvalue weighted by atomic mass is 9.90. The fourth-order valence-corrected chi connectivity index (χ4v) is 10.6. The lowest BCUT2D eigenvalue weighted by molar-refractivity contribution is -0.477. The molecule has 1 aromatic rings. The number of halogens is 17. The Labute approximate surface area is 248 Å². The summed E-state index contributed by atoms with van der Waals surface area (Å²) < 4.78 is 232. The maximum atomic E-state index is 14.2. The van der Waals surface area contributed by atoms with Crippen molar-refractivity contribution in [2.45, 2.75) is 88.1 Å². The van der Waals surface area contributed by atoms with Gasteiger partial charge in [-0.3, -0.25) is 0 Å². The van der Waals surface area contributed by atoms with E-state index in [4.69, 9.17) is 0 Å². The van der Waals surface area contributed by atoms with Crippen molar-refractivity contribution in [3.63, 3.8) is 0 Å². The topological polar surface area (TPSA) is 9.23 Å². The first-order valence-corrected chi connectivity index (χ1v) is 15.6. The smallest absolute Gasteiger partial charge is 0.315 e. The van der Waals surface area contributed by atoms with Crippen LogP contribution in [0.2, 0.25) is 0 Å². The van der Waals surface area contributed by atoms with Gasteiger partial charge in [0.05, 0.1) is 31.3 Å². The molecule has 0 aromatic heterocycles. The molecule has 0 fully saturated rings. The summed E-state index contributed by atoms with van der Waals surface area (Å²) in [6, 6.07) is 8.64. The molecule has 19 heteroatoms. The van der Waals surface area contributed by atoms with Gasteiger partial charge in [-0.15, -0.1) is 0 Å². The van der Waals surface area contributed by atoms with Crippen LogP contribution < -0.4 is 0 Å². The molecule has 0 atom stereocenters. The van der Waals surface area contributed by atoms with Gasteiger partial charge in [0, 0.05) is 13.7 Å². The first kappa shape index (κ1) is 41.4. The molecule has 0 saturated heterocycles. The maximum Gasteiger partial charge on any atom is 0.460 e. The summed E-state index contributed by atoms with van der Waals surface area (Å²) in [6.45, 7) is 5.75. The van der Waals surface area contributed by atoms with Crippen molar-refractivity contribution in [3.8, 4) is 0 Å². The van der Waals surface area contributed by atoms with E-state index in [0.717, 1.165) is 5.56 Å². The van der Waals surface area contributed by atoms with Gasteiger partial charge in [0.1, 0.15) is 0 Å². The molecule has 264 valence electrons. The van der Waals surface area contributed by atoms with Gasteiger partial charge in [0.2, 0.25) is 0 Å². The first-order valence-electron chi connectivity index (χ1n) is 13.1. The summed E-state index contributed by atoms with van der Waals surface area (Å²) in [5, 5.41) is 0. The number of hydrogen-bond acceptors (Lipinski definition) is 1. The van der Waals surface area contributed by atoms with Gasteiger partial charge in [-0.25, -0.2) is 0 Å². The average molecular weight is 713 g/mol. The molecule has 0 saturated carbocycles. The van der Waals surface area contributed by atoms with Crippen molar-refractivity contribution < 1.29 is 79.4 Å². The molecule has 0 heterocycles. The number of benzene rings is 1. The van der Waals surface area contributed by atoms with E-state index in [1.807, 2.05) is 27.7 Å². The lowest BCUT2D eigenvalue weighted by Crippen LogP contribution is -2.74. The Morgan fingerprint density at radius 2 is 0.933 bits per heavy atom. The van der Waals surface area contributed by atoms with Crippen molar-refractivity contribution >= 4 is 7.26 Å². The molecule has 45 heavy (non-hydrogen) atoms. The predicted molar refractivity (Wildman–Crippen MR) is 133 cm³/mol. The van der Waals surface area contributed by atoms with Crippen LogP contribution in [-0.4, -0.2) is 72.9 Å². The second kappa shape index (κ2) is 13.5. The zero-order chi connectivity index (χ0) is 35.7. The fourth-order valence-electron chi connectivity index (χ4n) is 4.83. The minimum Gasteiger partial charge on any atom is -0.315 e. The molecule has 0 amide bonds. The third kappa shape index (κ3) is 7.94. The van der Waals surface area contributed by atoms with E-state index >= 15 is 0 Å². The van der Waals surface area contributed by atoms with E-state index in [1.165, 1.54) is 0 Å². The molecule has 1 nitrogen and oxygen atoms in total. The Bertz CT molecular complexity index is 1070. The van der Waals surface area contributed by atoms with Crippen molar-refractivity contribution in [3.05, 3.63) is 35.9 Å². The van der Waals surface area contributed by atoms with Gasteiger partial charge in [0.25, 0.3) is 0 Å². The molecule has 0 radical (unpaired) electrons. The Morgan fingerprint density at radius 1 is 0.556 bits per heavy atom. The molecule has 1 rings (SSSR count). The van der Waals surface area contributed by atoms with Crippen LogP contribution >= 0.6 is 7.26 Å². The van der Waals surface area contributed by atoms with Crippen LogP contribution in [0.5, 0.6) is 0 Å². The summed E-state index contributed by atoms with van der Waals surface area (Å²) in [5.41, 5.74) is 0.820. The van der Waals surface area contributed by atoms with Crippen LogP contribution in [0.4, 0.5) is 74.6 Å². The van der Waals surface area contributed by atoms with E-state index in [-0.39, 0.29) is 18.0 Å². The van der Waals surface area contributed by atoms with Crippen LogP contribution in [0.1, 0.15) is 39.7 Å². The highest BCUT2D eigenvalue weighted by Gasteiger charge is 2.95. The third-order valence-electron chi connectivity index (χ3n) is 6.62. The summed E-state index contributed by atoms with van der Waals surface area (Å²) in [6.07, 6.45) is -13.7. The zero-order valence-corrected chi connectivity index (χ0v) is 25.0. The molecule has 0 aliphatic rings. The fraction of sp³-hybridized carbons (Fsp3) is 0.769. The Morgan fingerprint density at radius 3 is 1.31 bits per heavy atom. The molecule has 0 unspecified atom stereocenters. The molecule has 0 bridgehead atoms. The van der Waals surface area contributed by atoms with Gasteiger partial charge in [0.15, 0.2) is 0 Å². The minimum atomic E-state index is -8.66. The zero-order valence-electron chi connectivity index (χ0n) is 24.1. The summed E-state index contributed by atoms with van der Waals surface area (Å²) in [5.74, 6) is -50.1. The van der Waals surface area contributed by atoms with Crippen LogP contribution in [0.15, 0.2) is 30.3 Å². The highest BCUT2D eigenvalue weighted by atomic mass is 31.2. The van der Waals surface area contributed by atoms with E-state index in [2.05, 4.69) is 4.74 Å². The van der Waals surface area contributed by atoms with Crippen LogP contribution in [-0.2, 0) is 10.9 Å². The van der Waals surface area contributed by atoms with E-state index in [0.29, 0.717) is 18.5 Å². The van der Waals surface area contributed by atoms with Gasteiger partial charge in [-0.2, -0.15) is 74.6 Å². The largest absolute Gasteiger partial charge is 0.460 e. The number of hydrogen-bond donors (Lipinski definition) is 0. The maximum absolute atomic E-state index is 14.2. The van der Waals surface area contributed by atoms with Crippen molar-refractivity contribution in [2.24, 2.45) is 11.8 Å². The van der Waals surface area contributed by atoms with E-state index in [9.17, 15) is 74.6 Å².